The molecule has 0 saturated carbocycles. The van der Waals surface area contributed by atoms with E-state index in [0.717, 1.165) is 86.9 Å². The third kappa shape index (κ3) is 7.45. The van der Waals surface area contributed by atoms with Crippen LogP contribution >= 0.6 is 15.9 Å². The van der Waals surface area contributed by atoms with Gasteiger partial charge in [0.05, 0.1) is 11.2 Å². The van der Waals surface area contributed by atoms with Gasteiger partial charge < -0.3 is 27.0 Å². The summed E-state index contributed by atoms with van der Waals surface area (Å²) in [7, 11) is -0.381. The second kappa shape index (κ2) is 17.4. The Kier molecular flexibility index (Phi) is 10.7. The van der Waals surface area contributed by atoms with Crippen molar-refractivity contribution in [1.29, 1.82) is 0 Å². The summed E-state index contributed by atoms with van der Waals surface area (Å²) >= 11 is 3.46. The number of furan rings is 4. The fraction of sp³-hybridized carbons (Fsp3) is 0.167. The van der Waals surface area contributed by atoms with E-state index in [4.69, 9.17) is 27.0 Å². The van der Waals surface area contributed by atoms with Gasteiger partial charge in [-0.05, 0) is 174 Å². The van der Waals surface area contributed by atoms with Gasteiger partial charge in [-0.3, -0.25) is 0 Å². The predicted octanol–water partition coefficient (Wildman–Crippen LogP) is 20.0. The first-order chi connectivity index (χ1) is 38.5. The number of fused-ring (bicyclic) bond motifs is 18. The number of hydrogen-bond donors (Lipinski definition) is 0. The van der Waals surface area contributed by atoms with Crippen molar-refractivity contribution in [3.05, 3.63) is 221 Å². The average molecular weight is 1110 g/mol. The Morgan fingerprint density at radius 2 is 0.675 bits per heavy atom. The van der Waals surface area contributed by atoms with Crippen LogP contribution in [0.5, 0.6) is 0 Å². The van der Waals surface area contributed by atoms with Crippen LogP contribution in [-0.4, -0.2) is 18.3 Å². The van der Waals surface area contributed by atoms with Gasteiger partial charge in [0.15, 0.2) is 0 Å². The maximum absolute atomic E-state index is 6.36. The minimum absolute atomic E-state index is 0.0347. The summed E-state index contributed by atoms with van der Waals surface area (Å²) in [5.74, 6) is 0. The van der Waals surface area contributed by atoms with Crippen molar-refractivity contribution in [2.24, 2.45) is 0 Å². The fourth-order valence-corrected chi connectivity index (χ4v) is 13.2. The summed E-state index contributed by atoms with van der Waals surface area (Å²) in [4.78, 5) is 0. The van der Waals surface area contributed by atoms with E-state index < -0.39 is 0 Å². The third-order valence-electron chi connectivity index (χ3n) is 17.9. The molecule has 0 unspecified atom stereocenters. The van der Waals surface area contributed by atoms with Crippen molar-refractivity contribution in [2.75, 3.05) is 0 Å². The van der Waals surface area contributed by atoms with Gasteiger partial charge in [0, 0.05) is 58.4 Å². The summed E-state index contributed by atoms with van der Waals surface area (Å²) in [6.07, 6.45) is 0. The summed E-state index contributed by atoms with van der Waals surface area (Å²) in [5, 5.41) is 9.19. The monoisotopic (exact) mass is 1110 g/mol. The first kappa shape index (κ1) is 48.9. The van der Waals surface area contributed by atoms with Crippen LogP contribution in [-0.2, 0) is 20.1 Å². The van der Waals surface area contributed by atoms with Crippen LogP contribution in [0.15, 0.2) is 216 Å². The molecule has 5 heterocycles. The zero-order valence-electron chi connectivity index (χ0n) is 45.9. The summed E-state index contributed by atoms with van der Waals surface area (Å²) < 4.78 is 38.0. The Hall–Kier alpha value is -8.14. The Morgan fingerprint density at radius 3 is 1.19 bits per heavy atom. The van der Waals surface area contributed by atoms with Crippen LogP contribution in [0.4, 0.5) is 0 Å². The van der Waals surface area contributed by atoms with Gasteiger partial charge in [-0.25, -0.2) is 0 Å². The highest BCUT2D eigenvalue weighted by Gasteiger charge is 2.52. The molecule has 0 spiro atoms. The molecule has 1 saturated heterocycles. The molecule has 14 aromatic rings. The van der Waals surface area contributed by atoms with Gasteiger partial charge in [0.25, 0.3) is 0 Å². The van der Waals surface area contributed by atoms with Gasteiger partial charge in [0.2, 0.25) is 0 Å². The molecule has 390 valence electrons. The number of rotatable bonds is 2. The van der Waals surface area contributed by atoms with Crippen molar-refractivity contribution >= 4 is 116 Å². The SMILES string of the molecule is Brc1ccc2oc3ccccc3c2c1.CC1(C)c2ccccc2-c2cc3c(cc21)oc1ccc(-c2ccc4oc5ccccc5c4c2)cc13.CC1(C)c2ccccc2-c2cc3c(cc21)oc1ccc(B2OC(C)(C)C(C)(C)O2)cc13. The molecule has 0 N–H and O–H groups in total. The van der Waals surface area contributed by atoms with Gasteiger partial charge in [-0.2, -0.15) is 0 Å². The van der Waals surface area contributed by atoms with Crippen LogP contribution < -0.4 is 5.46 Å². The highest BCUT2D eigenvalue weighted by molar-refractivity contribution is 9.10. The highest BCUT2D eigenvalue weighted by Crippen LogP contribution is 2.53. The standard InChI is InChI=1S/C33H22O2.C27H27BO3.C12H7BrO/c1-33(2)27-9-5-3-7-21(27)23-17-26-25-16-20(12-14-31(25)35-32(26)18-28(23)33)19-11-13-30-24(15-19)22-8-4-6-10-29(22)34-30;1-25(2)21-10-8-7-9-17(21)18-14-20-19-13-16(28-30-26(3,4)27(5,6)31-28)11-12-23(19)29-24(20)15-22(18)25;13-8-5-6-12-10(7-8)9-3-1-2-4-11(9)14-12/h3-18H,1-2H3;7-15H,1-6H3;1-7H. The summed E-state index contributed by atoms with van der Waals surface area (Å²) in [5.41, 5.74) is 20.7. The van der Waals surface area contributed by atoms with E-state index in [1.54, 1.807) is 0 Å². The van der Waals surface area contributed by atoms with Crippen molar-refractivity contribution in [2.45, 2.75) is 77.4 Å². The molecule has 1 fully saturated rings. The van der Waals surface area contributed by atoms with Crippen molar-refractivity contribution in [3.8, 4) is 33.4 Å². The molecule has 3 aliphatic rings. The normalized spacial score (nSPS) is 16.1. The molecule has 0 atom stereocenters. The Bertz CT molecular complexity index is 4870. The van der Waals surface area contributed by atoms with E-state index in [1.165, 1.54) is 66.4 Å². The lowest BCUT2D eigenvalue weighted by Crippen LogP contribution is -2.41. The van der Waals surface area contributed by atoms with E-state index in [9.17, 15) is 0 Å². The van der Waals surface area contributed by atoms with Crippen molar-refractivity contribution < 1.29 is 27.0 Å². The largest absolute Gasteiger partial charge is 0.494 e. The number of hydrogen-bond acceptors (Lipinski definition) is 6. The van der Waals surface area contributed by atoms with Gasteiger partial charge in [-0.1, -0.05) is 153 Å². The van der Waals surface area contributed by atoms with Gasteiger partial charge in [-0.15, -0.1) is 0 Å². The molecule has 17 rings (SSSR count). The van der Waals surface area contributed by atoms with Gasteiger partial charge in [0.1, 0.15) is 44.7 Å². The van der Waals surface area contributed by atoms with E-state index in [-0.39, 0.29) is 29.2 Å². The second-order valence-corrected chi connectivity index (χ2v) is 24.9. The van der Waals surface area contributed by atoms with E-state index >= 15 is 0 Å². The molecule has 1 aliphatic heterocycles. The van der Waals surface area contributed by atoms with Crippen LogP contribution in [0.1, 0.15) is 77.6 Å². The molecule has 0 amide bonds. The molecular formula is C72H56BBrO6. The van der Waals surface area contributed by atoms with Crippen LogP contribution in [0.25, 0.3) is 121 Å². The maximum atomic E-state index is 6.36. The topological polar surface area (TPSA) is 71.0 Å². The van der Waals surface area contributed by atoms with E-state index in [2.05, 4.69) is 217 Å². The van der Waals surface area contributed by atoms with Crippen LogP contribution in [0.3, 0.4) is 0 Å². The molecule has 0 bridgehead atoms. The lowest BCUT2D eigenvalue weighted by atomic mass is 9.78. The van der Waals surface area contributed by atoms with Crippen LogP contribution in [0.2, 0.25) is 0 Å². The quantitative estimate of drug-likeness (QED) is 0.161. The zero-order valence-corrected chi connectivity index (χ0v) is 47.5. The summed E-state index contributed by atoms with van der Waals surface area (Å²) in [6, 6.07) is 68.2. The molecule has 6 nitrogen and oxygen atoms in total. The molecule has 8 heteroatoms. The smallest absolute Gasteiger partial charge is 0.456 e. The zero-order chi connectivity index (χ0) is 54.6. The lowest BCUT2D eigenvalue weighted by Gasteiger charge is -2.32. The van der Waals surface area contributed by atoms with E-state index in [1.807, 2.05) is 48.5 Å². The third-order valence-corrected chi connectivity index (χ3v) is 18.4. The Balaban J connectivity index is 0.000000112. The number of para-hydroxylation sites is 2. The second-order valence-electron chi connectivity index (χ2n) is 23.9. The molecule has 4 aromatic heterocycles. The molecule has 0 radical (unpaired) electrons. The van der Waals surface area contributed by atoms with Crippen molar-refractivity contribution in [3.63, 3.8) is 0 Å². The Morgan fingerprint density at radius 1 is 0.300 bits per heavy atom. The summed E-state index contributed by atoms with van der Waals surface area (Å²) in [6.45, 7) is 17.5. The fourth-order valence-electron chi connectivity index (χ4n) is 12.9. The van der Waals surface area contributed by atoms with E-state index in [0.29, 0.717) is 0 Å². The maximum Gasteiger partial charge on any atom is 0.494 e. The predicted molar refractivity (Wildman–Crippen MR) is 332 cm³/mol. The minimum atomic E-state index is -0.381. The first-order valence-electron chi connectivity index (χ1n) is 27.6. The highest BCUT2D eigenvalue weighted by atomic mass is 79.9. The molecule has 10 aromatic carbocycles. The lowest BCUT2D eigenvalue weighted by molar-refractivity contribution is 0.00578. The first-order valence-corrected chi connectivity index (χ1v) is 28.4. The minimum Gasteiger partial charge on any atom is -0.456 e. The van der Waals surface area contributed by atoms with Crippen molar-refractivity contribution in [1.82, 2.24) is 0 Å². The molecule has 2 aliphatic carbocycles. The number of halogens is 1. The molecule has 80 heavy (non-hydrogen) atoms. The average Bonchev–Trinajstić information content (AvgIpc) is 4.42. The Labute approximate surface area is 472 Å². The van der Waals surface area contributed by atoms with Gasteiger partial charge >= 0.3 is 7.12 Å². The van der Waals surface area contributed by atoms with Crippen LogP contribution in [0, 0.1) is 0 Å². The number of benzene rings is 10. The molecular weight excluding hydrogens is 1050 g/mol.